The second-order valence-electron chi connectivity index (χ2n) is 13.7. The van der Waals surface area contributed by atoms with Crippen LogP contribution < -0.4 is 5.73 Å². The van der Waals surface area contributed by atoms with Gasteiger partial charge in [0.05, 0.1) is 18.4 Å². The van der Waals surface area contributed by atoms with Crippen LogP contribution in [0, 0.1) is 30.1 Å². The molecule has 3 N–H and O–H groups in total. The monoisotopic (exact) mass is 592 g/mol. The number of aromatic carboxylic acids is 1. The minimum absolute atomic E-state index is 0.0306. The number of nitrogens with zero attached hydrogens (tertiary/aromatic N) is 5. The van der Waals surface area contributed by atoms with E-state index in [-0.39, 0.29) is 44.1 Å². The molecular formula is C31H37ClN6O4. The van der Waals surface area contributed by atoms with Crippen molar-refractivity contribution in [2.75, 3.05) is 13.2 Å². The Morgan fingerprint density at radius 3 is 2.38 bits per heavy atom. The maximum Gasteiger partial charge on any atom is 0.355 e. The zero-order chi connectivity index (χ0) is 30.1. The van der Waals surface area contributed by atoms with Gasteiger partial charge in [-0.05, 0) is 92.4 Å². The van der Waals surface area contributed by atoms with Crippen LogP contribution in [0.15, 0.2) is 24.4 Å². The average Bonchev–Trinajstić information content (AvgIpc) is 3.25. The summed E-state index contributed by atoms with van der Waals surface area (Å²) in [5.41, 5.74) is 8.47. The normalized spacial score (nSPS) is 29.7. The number of hydrogen-bond acceptors (Lipinski definition) is 8. The second-order valence-corrected chi connectivity index (χ2v) is 14.1. The molecule has 10 nitrogen and oxygen atoms in total. The zero-order valence-electron chi connectivity index (χ0n) is 24.5. The standard InChI is InChI=1S/C31H37ClN6O4/c1-18-9-23(36-37-26(18)32)25(39)22-6-5-20(24(35-22)27(40)41)21-10-34-38(19(21)2)17-30-12-28(3)11-29(4,13-30)15-31(14-28,16-30)42-8-7-33/h5-6,9-10H,7-8,11-17,33H2,1-4H3,(H,40,41). The van der Waals surface area contributed by atoms with E-state index in [2.05, 4.69) is 29.0 Å². The van der Waals surface area contributed by atoms with Crippen molar-refractivity contribution in [3.8, 4) is 11.1 Å². The second kappa shape index (κ2) is 9.92. The Morgan fingerprint density at radius 1 is 1.02 bits per heavy atom. The van der Waals surface area contributed by atoms with E-state index in [9.17, 15) is 14.7 Å². The molecule has 0 saturated heterocycles. The lowest BCUT2D eigenvalue weighted by molar-refractivity contribution is -0.247. The maximum atomic E-state index is 13.1. The third-order valence-corrected chi connectivity index (χ3v) is 9.92. The van der Waals surface area contributed by atoms with Gasteiger partial charge in [0.25, 0.3) is 0 Å². The van der Waals surface area contributed by atoms with Crippen LogP contribution in [0.4, 0.5) is 0 Å². The van der Waals surface area contributed by atoms with Crippen molar-refractivity contribution >= 4 is 23.4 Å². The van der Waals surface area contributed by atoms with Gasteiger partial charge in [0, 0.05) is 29.9 Å². The highest BCUT2D eigenvalue weighted by Gasteiger charge is 2.66. The molecule has 4 fully saturated rings. The van der Waals surface area contributed by atoms with Crippen LogP contribution in [0.2, 0.25) is 5.15 Å². The molecule has 0 aromatic carbocycles. The summed E-state index contributed by atoms with van der Waals surface area (Å²) in [4.78, 5) is 29.7. The summed E-state index contributed by atoms with van der Waals surface area (Å²) >= 11 is 5.95. The number of halogens is 1. The molecule has 3 aromatic rings. The van der Waals surface area contributed by atoms with Crippen LogP contribution >= 0.6 is 11.6 Å². The van der Waals surface area contributed by atoms with Crippen LogP contribution in [-0.4, -0.2) is 60.6 Å². The molecule has 0 radical (unpaired) electrons. The highest BCUT2D eigenvalue weighted by atomic mass is 35.5. The predicted octanol–water partition coefficient (Wildman–Crippen LogP) is 5.03. The average molecular weight is 593 g/mol. The van der Waals surface area contributed by atoms with Crippen molar-refractivity contribution in [1.29, 1.82) is 0 Å². The summed E-state index contributed by atoms with van der Waals surface area (Å²) in [5.74, 6) is -1.76. The molecule has 0 spiro atoms. The first-order valence-corrected chi connectivity index (χ1v) is 14.8. The molecule has 7 rings (SSSR count). The van der Waals surface area contributed by atoms with E-state index < -0.39 is 11.8 Å². The van der Waals surface area contributed by atoms with E-state index >= 15 is 0 Å². The summed E-state index contributed by atoms with van der Waals surface area (Å²) in [6.07, 6.45) is 8.26. The SMILES string of the molecule is Cc1cc(C(=O)c2ccc(-c3cnn(CC45CC6(C)CC(C)(C4)CC(OCCN)(C6)C5)c3C)c(C(=O)O)n2)nnc1Cl. The minimum atomic E-state index is -1.23. The highest BCUT2D eigenvalue weighted by Crippen LogP contribution is 2.72. The van der Waals surface area contributed by atoms with Crippen molar-refractivity contribution in [2.24, 2.45) is 22.0 Å². The van der Waals surface area contributed by atoms with Gasteiger partial charge in [-0.2, -0.15) is 5.10 Å². The van der Waals surface area contributed by atoms with Gasteiger partial charge >= 0.3 is 5.97 Å². The molecule has 2 atom stereocenters. The molecule has 222 valence electrons. The van der Waals surface area contributed by atoms with E-state index in [4.69, 9.17) is 27.2 Å². The Bertz CT molecular complexity index is 1580. The fraction of sp³-hybridized carbons (Fsp3) is 0.548. The van der Waals surface area contributed by atoms with Gasteiger partial charge in [-0.1, -0.05) is 25.4 Å². The molecule has 4 aliphatic rings. The van der Waals surface area contributed by atoms with Crippen LogP contribution in [0.1, 0.15) is 90.3 Å². The Balaban J connectivity index is 1.32. The van der Waals surface area contributed by atoms with Crippen LogP contribution in [0.5, 0.6) is 0 Å². The number of pyridine rings is 1. The number of carboxylic acid groups (broad SMARTS) is 1. The number of carbonyl (C=O) groups is 2. The first kappa shape index (κ1) is 28.9. The Morgan fingerprint density at radius 2 is 1.74 bits per heavy atom. The molecular weight excluding hydrogens is 556 g/mol. The molecule has 3 heterocycles. The third kappa shape index (κ3) is 4.93. The number of carbonyl (C=O) groups excluding carboxylic acids is 1. The molecule has 42 heavy (non-hydrogen) atoms. The topological polar surface area (TPSA) is 146 Å². The van der Waals surface area contributed by atoms with Gasteiger partial charge in [0.1, 0.15) is 11.4 Å². The van der Waals surface area contributed by atoms with E-state index in [1.54, 1.807) is 19.2 Å². The van der Waals surface area contributed by atoms with Gasteiger partial charge in [0.15, 0.2) is 10.8 Å². The molecule has 11 heteroatoms. The summed E-state index contributed by atoms with van der Waals surface area (Å²) in [7, 11) is 0. The number of hydrogen-bond donors (Lipinski definition) is 2. The van der Waals surface area contributed by atoms with Crippen molar-refractivity contribution < 1.29 is 19.4 Å². The number of aromatic nitrogens is 5. The number of nitrogens with two attached hydrogens (primary N) is 1. The fourth-order valence-corrected chi connectivity index (χ4v) is 9.38. The van der Waals surface area contributed by atoms with Crippen molar-refractivity contribution in [3.63, 3.8) is 0 Å². The first-order chi connectivity index (χ1) is 19.8. The number of carboxylic acids is 1. The number of ether oxygens (including phenoxy) is 1. The summed E-state index contributed by atoms with van der Waals surface area (Å²) < 4.78 is 8.55. The Hall–Kier alpha value is -3.21. The molecule has 0 amide bonds. The number of ketones is 1. The molecule has 3 aromatic heterocycles. The molecule has 0 aliphatic heterocycles. The fourth-order valence-electron chi connectivity index (χ4n) is 9.29. The first-order valence-electron chi connectivity index (χ1n) is 14.4. The lowest BCUT2D eigenvalue weighted by Gasteiger charge is -2.69. The van der Waals surface area contributed by atoms with E-state index in [1.165, 1.54) is 18.6 Å². The minimum Gasteiger partial charge on any atom is -0.476 e. The molecule has 4 saturated carbocycles. The van der Waals surface area contributed by atoms with Crippen molar-refractivity contribution in [1.82, 2.24) is 25.0 Å². The maximum absolute atomic E-state index is 13.1. The van der Waals surface area contributed by atoms with Crippen LogP contribution in [0.25, 0.3) is 11.1 Å². The lowest BCUT2D eigenvalue weighted by Crippen LogP contribution is -2.64. The van der Waals surface area contributed by atoms with Gasteiger partial charge < -0.3 is 15.6 Å². The third-order valence-electron chi connectivity index (χ3n) is 9.54. The van der Waals surface area contributed by atoms with Gasteiger partial charge in [-0.15, -0.1) is 10.2 Å². The number of aryl methyl sites for hydroxylation is 1. The Kier molecular flexibility index (Phi) is 6.83. The lowest BCUT2D eigenvalue weighted by atomic mass is 9.39. The van der Waals surface area contributed by atoms with Crippen LogP contribution in [0.3, 0.4) is 0 Å². The molecule has 2 unspecified atom stereocenters. The van der Waals surface area contributed by atoms with Gasteiger partial charge in [-0.3, -0.25) is 9.48 Å². The van der Waals surface area contributed by atoms with Crippen molar-refractivity contribution in [2.45, 2.75) is 78.4 Å². The summed E-state index contributed by atoms with van der Waals surface area (Å²) in [6, 6.07) is 4.65. The quantitative estimate of drug-likeness (QED) is 0.327. The Labute approximate surface area is 250 Å². The van der Waals surface area contributed by atoms with E-state index in [0.29, 0.717) is 29.8 Å². The zero-order valence-corrected chi connectivity index (χ0v) is 25.3. The smallest absolute Gasteiger partial charge is 0.355 e. The summed E-state index contributed by atoms with van der Waals surface area (Å²) in [6.45, 7) is 10.3. The predicted molar refractivity (Wildman–Crippen MR) is 156 cm³/mol. The number of rotatable bonds is 9. The summed E-state index contributed by atoms with van der Waals surface area (Å²) in [5, 5.41) is 22.7. The highest BCUT2D eigenvalue weighted by molar-refractivity contribution is 6.30. The van der Waals surface area contributed by atoms with Gasteiger partial charge in [0.2, 0.25) is 5.78 Å². The molecule has 4 aliphatic carbocycles. The van der Waals surface area contributed by atoms with Crippen molar-refractivity contribution in [3.05, 3.63) is 57.9 Å². The largest absolute Gasteiger partial charge is 0.476 e. The molecule has 4 bridgehead atoms. The van der Waals surface area contributed by atoms with E-state index in [0.717, 1.165) is 44.3 Å². The van der Waals surface area contributed by atoms with Crippen LogP contribution in [-0.2, 0) is 11.3 Å². The van der Waals surface area contributed by atoms with E-state index in [1.807, 2.05) is 11.6 Å². The van der Waals surface area contributed by atoms with Gasteiger partial charge in [-0.25, -0.2) is 9.78 Å².